The molecule has 0 spiro atoms. The van der Waals surface area contributed by atoms with E-state index in [0.717, 1.165) is 25.9 Å². The van der Waals surface area contributed by atoms with E-state index < -0.39 is 0 Å². The molecule has 15 heavy (non-hydrogen) atoms. The van der Waals surface area contributed by atoms with E-state index in [-0.39, 0.29) is 10.6 Å². The fourth-order valence-corrected chi connectivity index (χ4v) is 1.44. The van der Waals surface area contributed by atoms with Crippen LogP contribution in [0.1, 0.15) is 26.7 Å². The van der Waals surface area contributed by atoms with Gasteiger partial charge in [0.05, 0.1) is 0 Å². The van der Waals surface area contributed by atoms with Crippen molar-refractivity contribution in [1.82, 2.24) is 4.90 Å². The van der Waals surface area contributed by atoms with E-state index in [0.29, 0.717) is 5.82 Å². The van der Waals surface area contributed by atoms with Gasteiger partial charge in [0.25, 0.3) is 0 Å². The topological polar surface area (TPSA) is 79.1 Å². The molecule has 4 nitrogen and oxygen atoms in total. The molecular weight excluding hydrogens is 208 g/mol. The largest absolute Gasteiger partial charge is 0.389 e. The van der Waals surface area contributed by atoms with E-state index in [4.69, 9.17) is 28.9 Å². The van der Waals surface area contributed by atoms with Gasteiger partial charge in [0.2, 0.25) is 0 Å². The predicted octanol–water partition coefficient (Wildman–Crippen LogP) is 1.09. The molecule has 0 fully saturated rings. The molecule has 4 N–H and O–H groups in total. The average Bonchev–Trinajstić information content (AvgIpc) is 2.17. The van der Waals surface area contributed by atoms with Gasteiger partial charge in [-0.2, -0.15) is 5.26 Å². The molecule has 0 aliphatic heterocycles. The lowest BCUT2D eigenvalue weighted by molar-refractivity contribution is 0.340. The molecule has 0 aromatic heterocycles. The molecule has 5 heteroatoms. The second-order valence-corrected chi connectivity index (χ2v) is 3.66. The van der Waals surface area contributed by atoms with E-state index in [9.17, 15) is 0 Å². The highest BCUT2D eigenvalue weighted by Gasteiger charge is 2.12. The Labute approximate surface area is 96.5 Å². The molecule has 0 aliphatic rings. The predicted molar refractivity (Wildman–Crippen MR) is 65.8 cm³/mol. The van der Waals surface area contributed by atoms with Gasteiger partial charge >= 0.3 is 0 Å². The van der Waals surface area contributed by atoms with Crippen LogP contribution in [0.25, 0.3) is 0 Å². The zero-order valence-electron chi connectivity index (χ0n) is 9.29. The van der Waals surface area contributed by atoms with Crippen molar-refractivity contribution in [2.75, 3.05) is 13.1 Å². The van der Waals surface area contributed by atoms with Crippen LogP contribution in [0.4, 0.5) is 0 Å². The molecule has 0 atom stereocenters. The molecule has 0 saturated heterocycles. The number of nitriles is 1. The van der Waals surface area contributed by atoms with Crippen molar-refractivity contribution in [3.05, 3.63) is 11.4 Å². The van der Waals surface area contributed by atoms with Crippen LogP contribution in [-0.2, 0) is 0 Å². The summed E-state index contributed by atoms with van der Waals surface area (Å²) in [6, 6.07) is 1.95. The highest BCUT2D eigenvalue weighted by molar-refractivity contribution is 7.80. The molecular formula is C10H18N4S. The molecule has 84 valence electrons. The second-order valence-electron chi connectivity index (χ2n) is 3.22. The second kappa shape index (κ2) is 7.07. The minimum Gasteiger partial charge on any atom is -0.389 e. The van der Waals surface area contributed by atoms with Crippen molar-refractivity contribution < 1.29 is 0 Å². The molecule has 0 aromatic rings. The van der Waals surface area contributed by atoms with Gasteiger partial charge in [0.1, 0.15) is 22.5 Å². The molecule has 0 aromatic carbocycles. The van der Waals surface area contributed by atoms with Gasteiger partial charge < -0.3 is 16.4 Å². The third-order valence-electron chi connectivity index (χ3n) is 1.94. The Kier molecular flexibility index (Phi) is 6.47. The van der Waals surface area contributed by atoms with Crippen molar-refractivity contribution >= 4 is 17.2 Å². The van der Waals surface area contributed by atoms with Gasteiger partial charge in [-0.15, -0.1) is 0 Å². The van der Waals surface area contributed by atoms with Gasteiger partial charge in [-0.3, -0.25) is 0 Å². The summed E-state index contributed by atoms with van der Waals surface area (Å²) in [5.74, 6) is 0.397. The Hall–Kier alpha value is -1.28. The van der Waals surface area contributed by atoms with E-state index in [1.54, 1.807) is 0 Å². The molecule has 0 heterocycles. The molecule has 0 saturated carbocycles. The Morgan fingerprint density at radius 3 is 2.00 bits per heavy atom. The minimum atomic E-state index is 0.0622. The highest BCUT2D eigenvalue weighted by Crippen LogP contribution is 2.07. The summed E-state index contributed by atoms with van der Waals surface area (Å²) >= 11 is 4.77. The first kappa shape index (κ1) is 13.7. The maximum absolute atomic E-state index is 8.87. The summed E-state index contributed by atoms with van der Waals surface area (Å²) in [4.78, 5) is 2.00. The van der Waals surface area contributed by atoms with Crippen LogP contribution in [0.5, 0.6) is 0 Å². The van der Waals surface area contributed by atoms with E-state index in [1.807, 2.05) is 11.0 Å². The number of rotatable bonds is 6. The Morgan fingerprint density at radius 1 is 1.27 bits per heavy atom. The average molecular weight is 226 g/mol. The third kappa shape index (κ3) is 4.17. The first-order valence-corrected chi connectivity index (χ1v) is 5.43. The summed E-state index contributed by atoms with van der Waals surface area (Å²) in [6.45, 7) is 5.74. The SMILES string of the molecule is CCCN(CCC)/C(N)=C(\C#N)C(N)=S. The van der Waals surface area contributed by atoms with Gasteiger partial charge in [0, 0.05) is 13.1 Å². The summed E-state index contributed by atoms with van der Waals surface area (Å²) in [7, 11) is 0. The highest BCUT2D eigenvalue weighted by atomic mass is 32.1. The van der Waals surface area contributed by atoms with Gasteiger partial charge in [-0.1, -0.05) is 26.1 Å². The van der Waals surface area contributed by atoms with Crippen LogP contribution in [0.3, 0.4) is 0 Å². The number of thiocarbonyl (C=S) groups is 1. The normalized spacial score (nSPS) is 11.5. The van der Waals surface area contributed by atoms with Crippen molar-refractivity contribution in [2.24, 2.45) is 11.5 Å². The summed E-state index contributed by atoms with van der Waals surface area (Å²) < 4.78 is 0. The molecule has 0 bridgehead atoms. The van der Waals surface area contributed by atoms with Crippen LogP contribution in [0.15, 0.2) is 11.4 Å². The Morgan fingerprint density at radius 2 is 1.73 bits per heavy atom. The molecule has 0 amide bonds. The van der Waals surface area contributed by atoms with Crippen LogP contribution in [0, 0.1) is 11.3 Å². The van der Waals surface area contributed by atoms with Crippen molar-refractivity contribution in [1.29, 1.82) is 5.26 Å². The van der Waals surface area contributed by atoms with Crippen LogP contribution < -0.4 is 11.5 Å². The van der Waals surface area contributed by atoms with Crippen LogP contribution in [-0.4, -0.2) is 23.0 Å². The van der Waals surface area contributed by atoms with Gasteiger partial charge in [0.15, 0.2) is 0 Å². The quantitative estimate of drug-likeness (QED) is 0.402. The fraction of sp³-hybridized carbons (Fsp3) is 0.600. The lowest BCUT2D eigenvalue weighted by Crippen LogP contribution is -2.32. The van der Waals surface area contributed by atoms with Gasteiger partial charge in [-0.05, 0) is 12.8 Å². The van der Waals surface area contributed by atoms with Crippen LogP contribution >= 0.6 is 12.2 Å². The summed E-state index contributed by atoms with van der Waals surface area (Å²) in [5, 5.41) is 8.87. The molecule has 0 unspecified atom stereocenters. The number of hydrogen-bond donors (Lipinski definition) is 2. The van der Waals surface area contributed by atoms with E-state index in [1.165, 1.54) is 0 Å². The Balaban J connectivity index is 4.94. The maximum atomic E-state index is 8.87. The smallest absolute Gasteiger partial charge is 0.126 e. The third-order valence-corrected chi connectivity index (χ3v) is 2.15. The first-order valence-electron chi connectivity index (χ1n) is 5.03. The zero-order chi connectivity index (χ0) is 11.8. The minimum absolute atomic E-state index is 0.0622. The van der Waals surface area contributed by atoms with Crippen molar-refractivity contribution in [3.8, 4) is 6.07 Å². The number of nitrogens with zero attached hydrogens (tertiary/aromatic N) is 2. The van der Waals surface area contributed by atoms with Crippen LogP contribution in [0.2, 0.25) is 0 Å². The fourth-order valence-electron chi connectivity index (χ4n) is 1.29. The summed E-state index contributed by atoms with van der Waals surface area (Å²) in [5.41, 5.74) is 11.5. The maximum Gasteiger partial charge on any atom is 0.126 e. The Bertz CT molecular complexity index is 284. The van der Waals surface area contributed by atoms with Gasteiger partial charge in [-0.25, -0.2) is 0 Å². The van der Waals surface area contributed by atoms with Crippen molar-refractivity contribution in [3.63, 3.8) is 0 Å². The molecule has 0 radical (unpaired) electrons. The first-order chi connectivity index (χ1) is 7.08. The number of nitrogens with two attached hydrogens (primary N) is 2. The number of hydrogen-bond acceptors (Lipinski definition) is 4. The van der Waals surface area contributed by atoms with E-state index >= 15 is 0 Å². The van der Waals surface area contributed by atoms with E-state index in [2.05, 4.69) is 13.8 Å². The summed E-state index contributed by atoms with van der Waals surface area (Å²) in [6.07, 6.45) is 1.94. The lowest BCUT2D eigenvalue weighted by atomic mass is 10.2. The molecule has 0 aliphatic carbocycles. The lowest BCUT2D eigenvalue weighted by Gasteiger charge is -2.24. The standard InChI is InChI=1S/C10H18N4S/c1-3-5-14(6-4-2)9(12)8(7-11)10(13)15/h3-6,12H2,1-2H3,(H2,13,15)/b9-8+. The molecule has 0 rings (SSSR count). The monoisotopic (exact) mass is 226 g/mol. The zero-order valence-corrected chi connectivity index (χ0v) is 10.1. The van der Waals surface area contributed by atoms with Crippen molar-refractivity contribution in [2.45, 2.75) is 26.7 Å².